The lowest BCUT2D eigenvalue weighted by Gasteiger charge is -2.58. The normalized spacial score (nSPS) is 45.0. The van der Waals surface area contributed by atoms with Crippen molar-refractivity contribution in [2.75, 3.05) is 0 Å². The molecule has 0 amide bonds. The van der Waals surface area contributed by atoms with Crippen molar-refractivity contribution in [1.82, 2.24) is 0 Å². The number of fused-ring (bicyclic) bond motifs is 5. The third kappa shape index (κ3) is 3.43. The van der Waals surface area contributed by atoms with Gasteiger partial charge in [-0.2, -0.15) is 0 Å². The fraction of sp³-hybridized carbons (Fsp3) is 0.769. The van der Waals surface area contributed by atoms with Crippen LogP contribution in [0.3, 0.4) is 0 Å². The monoisotopic (exact) mass is 398 g/mol. The maximum absolute atomic E-state index is 11.4. The summed E-state index contributed by atoms with van der Waals surface area (Å²) in [7, 11) is 0. The molecule has 0 spiro atoms. The quantitative estimate of drug-likeness (QED) is 0.257. The lowest BCUT2D eigenvalue weighted by Crippen LogP contribution is -2.51. The van der Waals surface area contributed by atoms with Gasteiger partial charge in [-0.3, -0.25) is 9.59 Å². The summed E-state index contributed by atoms with van der Waals surface area (Å²) >= 11 is 0. The van der Waals surface area contributed by atoms with E-state index in [-0.39, 0.29) is 12.1 Å². The molecule has 0 heterocycles. The van der Waals surface area contributed by atoms with Crippen LogP contribution in [0, 0.1) is 40.4 Å². The van der Waals surface area contributed by atoms with Crippen LogP contribution in [0.5, 0.6) is 0 Å². The molecule has 0 aromatic carbocycles. The number of esters is 1. The molecule has 4 aliphatic carbocycles. The zero-order chi connectivity index (χ0) is 20.8. The average Bonchev–Trinajstić information content (AvgIpc) is 3.03. The maximum Gasteiger partial charge on any atom is 0.302 e. The third-order valence-electron chi connectivity index (χ3n) is 9.59. The summed E-state index contributed by atoms with van der Waals surface area (Å²) in [6, 6.07) is 0. The molecule has 3 heteroatoms. The first-order valence-corrected chi connectivity index (χ1v) is 11.8. The summed E-state index contributed by atoms with van der Waals surface area (Å²) in [6.07, 6.45) is 17.0. The molecule has 0 N–H and O–H groups in total. The average molecular weight is 399 g/mol. The molecule has 0 radical (unpaired) electrons. The molecule has 0 bridgehead atoms. The SMILES string of the molecule is CC(=O)O[C@H]1CC[C@@]2(C)C(=CC[C@H]3[C@@H]4CC[C@H]([C@H](C)C=CC=O)[C@@]4(C)CC[C@@H]32)C1. The minimum atomic E-state index is -0.143. The number of allylic oxidation sites excluding steroid dienone is 3. The largest absolute Gasteiger partial charge is 0.462 e. The van der Waals surface area contributed by atoms with Crippen molar-refractivity contribution in [3.8, 4) is 0 Å². The molecule has 3 saturated carbocycles. The van der Waals surface area contributed by atoms with Gasteiger partial charge in [0.25, 0.3) is 0 Å². The van der Waals surface area contributed by atoms with Crippen molar-refractivity contribution in [1.29, 1.82) is 0 Å². The Labute approximate surface area is 176 Å². The first kappa shape index (κ1) is 20.9. The number of aldehydes is 1. The molecule has 3 nitrogen and oxygen atoms in total. The van der Waals surface area contributed by atoms with Gasteiger partial charge in [-0.25, -0.2) is 0 Å². The summed E-state index contributed by atoms with van der Waals surface area (Å²) in [5.41, 5.74) is 2.27. The summed E-state index contributed by atoms with van der Waals surface area (Å²) in [5.74, 6) is 3.41. The van der Waals surface area contributed by atoms with Gasteiger partial charge in [0.05, 0.1) is 0 Å². The van der Waals surface area contributed by atoms with Crippen molar-refractivity contribution in [3.05, 3.63) is 23.8 Å². The highest BCUT2D eigenvalue weighted by molar-refractivity contribution is 5.66. The molecule has 0 aromatic heterocycles. The zero-order valence-electron chi connectivity index (χ0n) is 18.7. The summed E-state index contributed by atoms with van der Waals surface area (Å²) in [6.45, 7) is 8.89. The van der Waals surface area contributed by atoms with Crippen LogP contribution < -0.4 is 0 Å². The highest BCUT2D eigenvalue weighted by atomic mass is 16.5. The van der Waals surface area contributed by atoms with Gasteiger partial charge in [0.2, 0.25) is 0 Å². The summed E-state index contributed by atoms with van der Waals surface area (Å²) < 4.78 is 5.57. The smallest absolute Gasteiger partial charge is 0.302 e. The predicted octanol–water partition coefficient (Wildman–Crippen LogP) is 5.89. The van der Waals surface area contributed by atoms with Crippen molar-refractivity contribution in [3.63, 3.8) is 0 Å². The molecule has 4 aliphatic rings. The second kappa shape index (κ2) is 7.71. The molecule has 0 aliphatic heterocycles. The number of hydrogen-bond donors (Lipinski definition) is 0. The summed E-state index contributed by atoms with van der Waals surface area (Å²) in [5, 5.41) is 0. The highest BCUT2D eigenvalue weighted by Gasteiger charge is 2.59. The van der Waals surface area contributed by atoms with Gasteiger partial charge in [-0.1, -0.05) is 38.5 Å². The van der Waals surface area contributed by atoms with Crippen molar-refractivity contribution in [2.45, 2.75) is 85.2 Å². The minimum Gasteiger partial charge on any atom is -0.462 e. The minimum absolute atomic E-state index is 0.0820. The van der Waals surface area contributed by atoms with Gasteiger partial charge in [-0.05, 0) is 91.4 Å². The number of ether oxygens (including phenoxy) is 1. The molecule has 29 heavy (non-hydrogen) atoms. The first-order valence-electron chi connectivity index (χ1n) is 11.8. The molecular formula is C26H38O3. The first-order chi connectivity index (χ1) is 13.8. The molecule has 0 aromatic rings. The Kier molecular flexibility index (Phi) is 5.55. The second-order valence-corrected chi connectivity index (χ2v) is 10.8. The van der Waals surface area contributed by atoms with Gasteiger partial charge in [0, 0.05) is 13.3 Å². The third-order valence-corrected chi connectivity index (χ3v) is 9.59. The van der Waals surface area contributed by atoms with Gasteiger partial charge >= 0.3 is 5.97 Å². The van der Waals surface area contributed by atoms with Gasteiger partial charge < -0.3 is 4.74 Å². The number of rotatable bonds is 4. The van der Waals surface area contributed by atoms with Crippen LogP contribution in [0.15, 0.2) is 23.8 Å². The van der Waals surface area contributed by atoms with E-state index in [0.29, 0.717) is 22.7 Å². The van der Waals surface area contributed by atoms with Gasteiger partial charge in [0.15, 0.2) is 0 Å². The second-order valence-electron chi connectivity index (χ2n) is 10.8. The summed E-state index contributed by atoms with van der Waals surface area (Å²) in [4.78, 5) is 22.2. The Bertz CT molecular complexity index is 721. The number of carbonyl (C=O) groups is 2. The van der Waals surface area contributed by atoms with E-state index in [4.69, 9.17) is 4.74 Å². The van der Waals surface area contributed by atoms with E-state index in [0.717, 1.165) is 43.3 Å². The standard InChI is InChI=1S/C26H38O3/c1-17(6-5-15-27)22-9-10-23-21-8-7-19-16-20(29-18(2)28)11-13-25(19,3)24(21)12-14-26(22,23)4/h5-7,15,17,20-24H,8-14,16H2,1-4H3/t17-,20+,21+,22-,23+,24+,25+,26-/m1/s1. The molecule has 160 valence electrons. The van der Waals surface area contributed by atoms with Gasteiger partial charge in [0.1, 0.15) is 12.4 Å². The van der Waals surface area contributed by atoms with E-state index in [1.807, 2.05) is 0 Å². The molecule has 3 fully saturated rings. The Morgan fingerprint density at radius 2 is 1.97 bits per heavy atom. The Hall–Kier alpha value is -1.38. The lowest BCUT2D eigenvalue weighted by atomic mass is 9.47. The maximum atomic E-state index is 11.4. The topological polar surface area (TPSA) is 43.4 Å². The highest BCUT2D eigenvalue weighted by Crippen LogP contribution is 2.67. The molecule has 0 unspecified atom stereocenters. The van der Waals surface area contributed by atoms with Crippen LogP contribution in [0.1, 0.15) is 79.1 Å². The lowest BCUT2D eigenvalue weighted by molar-refractivity contribution is -0.148. The van der Waals surface area contributed by atoms with Crippen LogP contribution in [-0.2, 0) is 14.3 Å². The number of carbonyl (C=O) groups excluding carboxylic acids is 2. The Morgan fingerprint density at radius 3 is 2.69 bits per heavy atom. The van der Waals surface area contributed by atoms with Gasteiger partial charge in [-0.15, -0.1) is 0 Å². The van der Waals surface area contributed by atoms with Crippen molar-refractivity contribution >= 4 is 12.3 Å². The van der Waals surface area contributed by atoms with Crippen LogP contribution >= 0.6 is 0 Å². The molecule has 8 atom stereocenters. The Morgan fingerprint density at radius 1 is 1.17 bits per heavy atom. The molecule has 4 rings (SSSR count). The van der Waals surface area contributed by atoms with E-state index in [1.54, 1.807) is 11.6 Å². The molecule has 0 saturated heterocycles. The van der Waals surface area contributed by atoms with Crippen LogP contribution in [0.4, 0.5) is 0 Å². The molecular weight excluding hydrogens is 360 g/mol. The Balaban J connectivity index is 1.55. The van der Waals surface area contributed by atoms with E-state index in [2.05, 4.69) is 32.9 Å². The number of hydrogen-bond acceptors (Lipinski definition) is 3. The predicted molar refractivity (Wildman–Crippen MR) is 115 cm³/mol. The van der Waals surface area contributed by atoms with Crippen LogP contribution in [-0.4, -0.2) is 18.4 Å². The fourth-order valence-electron chi connectivity index (χ4n) is 8.22. The van der Waals surface area contributed by atoms with Crippen molar-refractivity contribution in [2.24, 2.45) is 40.4 Å². The van der Waals surface area contributed by atoms with E-state index >= 15 is 0 Å². The van der Waals surface area contributed by atoms with Crippen LogP contribution in [0.25, 0.3) is 0 Å². The van der Waals surface area contributed by atoms with Crippen molar-refractivity contribution < 1.29 is 14.3 Å². The van der Waals surface area contributed by atoms with E-state index in [1.165, 1.54) is 39.0 Å². The van der Waals surface area contributed by atoms with E-state index in [9.17, 15) is 9.59 Å². The zero-order valence-corrected chi connectivity index (χ0v) is 18.7. The fourth-order valence-corrected chi connectivity index (χ4v) is 8.22. The van der Waals surface area contributed by atoms with Crippen LogP contribution in [0.2, 0.25) is 0 Å². The van der Waals surface area contributed by atoms with E-state index < -0.39 is 0 Å².